The highest BCUT2D eigenvalue weighted by Gasteiger charge is 2.32. The molecule has 0 aliphatic rings. The van der Waals surface area contributed by atoms with Crippen LogP contribution in [0.1, 0.15) is 25.5 Å². The molecule has 0 radical (unpaired) electrons. The van der Waals surface area contributed by atoms with E-state index in [9.17, 15) is 13.2 Å². The van der Waals surface area contributed by atoms with Crippen molar-refractivity contribution in [3.63, 3.8) is 0 Å². The Morgan fingerprint density at radius 3 is 2.20 bits per heavy atom. The molecule has 0 spiro atoms. The summed E-state index contributed by atoms with van der Waals surface area (Å²) < 4.78 is 36.6. The van der Waals surface area contributed by atoms with Crippen LogP contribution in [-0.4, -0.2) is 11.9 Å². The minimum atomic E-state index is -4.33. The number of halogens is 3. The van der Waals surface area contributed by atoms with Gasteiger partial charge in [-0.3, -0.25) is 4.99 Å². The number of rotatable bonds is 2. The molecule has 0 aromatic heterocycles. The maximum atomic E-state index is 12.2. The number of aliphatic imine (C=N–C) groups is 1. The number of hydrogen-bond acceptors (Lipinski definition) is 1. The molecular weight excluding hydrogens is 203 g/mol. The van der Waals surface area contributed by atoms with Gasteiger partial charge in [-0.2, -0.15) is 13.2 Å². The predicted molar refractivity (Wildman–Crippen MR) is 54.0 cm³/mol. The van der Waals surface area contributed by atoms with E-state index in [4.69, 9.17) is 0 Å². The highest BCUT2D eigenvalue weighted by atomic mass is 19.4. The number of nitrogens with zero attached hydrogens (tertiary/aromatic N) is 1. The molecule has 0 saturated heterocycles. The van der Waals surface area contributed by atoms with E-state index in [1.807, 2.05) is 6.07 Å². The standard InChI is InChI=1S/C11H12F3N/c1-8(10-6-4-3-5-7-10)15-9(2)11(12,13)14/h3-8H,1-2H3/b15-9+/t8-/m0/s1. The highest BCUT2D eigenvalue weighted by molar-refractivity contribution is 5.87. The Labute approximate surface area is 86.6 Å². The van der Waals surface area contributed by atoms with Gasteiger partial charge in [0, 0.05) is 0 Å². The smallest absolute Gasteiger partial charge is 0.277 e. The summed E-state index contributed by atoms with van der Waals surface area (Å²) in [4.78, 5) is 3.61. The van der Waals surface area contributed by atoms with Crippen LogP contribution in [0.5, 0.6) is 0 Å². The van der Waals surface area contributed by atoms with Crippen molar-refractivity contribution in [3.05, 3.63) is 35.9 Å². The molecule has 1 aromatic carbocycles. The van der Waals surface area contributed by atoms with Crippen LogP contribution in [0, 0.1) is 0 Å². The van der Waals surface area contributed by atoms with Gasteiger partial charge in [0.15, 0.2) is 0 Å². The van der Waals surface area contributed by atoms with Crippen molar-refractivity contribution in [1.82, 2.24) is 0 Å². The minimum absolute atomic E-state index is 0.465. The summed E-state index contributed by atoms with van der Waals surface area (Å²) in [5.74, 6) is 0. The first-order valence-corrected chi connectivity index (χ1v) is 4.58. The number of alkyl halides is 3. The fraction of sp³-hybridized carbons (Fsp3) is 0.364. The lowest BCUT2D eigenvalue weighted by atomic mass is 10.1. The van der Waals surface area contributed by atoms with Crippen molar-refractivity contribution in [2.24, 2.45) is 4.99 Å². The maximum Gasteiger partial charge on any atom is 0.428 e. The van der Waals surface area contributed by atoms with Crippen LogP contribution in [-0.2, 0) is 0 Å². The largest absolute Gasteiger partial charge is 0.428 e. The van der Waals surface area contributed by atoms with E-state index in [0.29, 0.717) is 0 Å². The van der Waals surface area contributed by atoms with Gasteiger partial charge in [-0.25, -0.2) is 0 Å². The monoisotopic (exact) mass is 215 g/mol. The Kier molecular flexibility index (Phi) is 3.50. The molecule has 15 heavy (non-hydrogen) atoms. The molecule has 0 amide bonds. The summed E-state index contributed by atoms with van der Waals surface area (Å²) >= 11 is 0. The Bertz CT molecular complexity index is 341. The lowest BCUT2D eigenvalue weighted by Gasteiger charge is -2.10. The van der Waals surface area contributed by atoms with Crippen molar-refractivity contribution in [3.8, 4) is 0 Å². The van der Waals surface area contributed by atoms with Crippen molar-refractivity contribution >= 4 is 5.71 Å². The molecule has 4 heteroatoms. The second-order valence-electron chi connectivity index (χ2n) is 3.30. The van der Waals surface area contributed by atoms with Crippen molar-refractivity contribution in [2.45, 2.75) is 26.1 Å². The lowest BCUT2D eigenvalue weighted by Crippen LogP contribution is -2.20. The zero-order chi connectivity index (χ0) is 11.5. The molecule has 1 rings (SSSR count). The molecule has 0 saturated carbocycles. The predicted octanol–water partition coefficient (Wildman–Crippen LogP) is 3.77. The van der Waals surface area contributed by atoms with Gasteiger partial charge in [-0.1, -0.05) is 30.3 Å². The molecule has 1 nitrogen and oxygen atoms in total. The van der Waals surface area contributed by atoms with E-state index in [2.05, 4.69) is 4.99 Å². The van der Waals surface area contributed by atoms with Gasteiger partial charge >= 0.3 is 6.18 Å². The van der Waals surface area contributed by atoms with Crippen molar-refractivity contribution in [1.29, 1.82) is 0 Å². The third-order valence-corrected chi connectivity index (χ3v) is 2.08. The summed E-state index contributed by atoms with van der Waals surface area (Å²) in [6, 6.07) is 8.44. The average Bonchev–Trinajstić information content (AvgIpc) is 2.17. The molecule has 0 aliphatic carbocycles. The van der Waals surface area contributed by atoms with Gasteiger partial charge in [0.25, 0.3) is 0 Å². The van der Waals surface area contributed by atoms with Gasteiger partial charge in [-0.15, -0.1) is 0 Å². The van der Waals surface area contributed by atoms with Crippen LogP contribution < -0.4 is 0 Å². The van der Waals surface area contributed by atoms with Gasteiger partial charge in [0.05, 0.1) is 6.04 Å². The summed E-state index contributed by atoms with van der Waals surface area (Å²) in [7, 11) is 0. The minimum Gasteiger partial charge on any atom is -0.277 e. The van der Waals surface area contributed by atoms with Crippen molar-refractivity contribution < 1.29 is 13.2 Å². The molecule has 0 bridgehead atoms. The number of benzene rings is 1. The fourth-order valence-corrected chi connectivity index (χ4v) is 1.17. The summed E-state index contributed by atoms with van der Waals surface area (Å²) in [6.45, 7) is 2.63. The Hall–Kier alpha value is -1.32. The van der Waals surface area contributed by atoms with Crippen LogP contribution in [0.15, 0.2) is 35.3 Å². The normalized spacial score (nSPS) is 15.1. The van der Waals surface area contributed by atoms with E-state index in [1.54, 1.807) is 31.2 Å². The second-order valence-corrected chi connectivity index (χ2v) is 3.30. The molecule has 1 aromatic rings. The first-order valence-electron chi connectivity index (χ1n) is 4.58. The first kappa shape index (κ1) is 11.8. The summed E-state index contributed by atoms with van der Waals surface area (Å²) in [5, 5.41) is 0. The molecule has 0 unspecified atom stereocenters. The van der Waals surface area contributed by atoms with E-state index in [1.165, 1.54) is 0 Å². The molecule has 0 heterocycles. The zero-order valence-corrected chi connectivity index (χ0v) is 8.55. The summed E-state index contributed by atoms with van der Waals surface area (Å²) in [6.07, 6.45) is -4.33. The average molecular weight is 215 g/mol. The van der Waals surface area contributed by atoms with Gasteiger partial charge in [0.1, 0.15) is 5.71 Å². The lowest BCUT2D eigenvalue weighted by molar-refractivity contribution is -0.0595. The van der Waals surface area contributed by atoms with Crippen LogP contribution in [0.4, 0.5) is 13.2 Å². The molecule has 0 N–H and O–H groups in total. The maximum absolute atomic E-state index is 12.2. The van der Waals surface area contributed by atoms with E-state index in [-0.39, 0.29) is 0 Å². The summed E-state index contributed by atoms with van der Waals surface area (Å²) in [5.41, 5.74) is -0.0139. The van der Waals surface area contributed by atoms with Crippen LogP contribution in [0.25, 0.3) is 0 Å². The van der Waals surface area contributed by atoms with E-state index in [0.717, 1.165) is 12.5 Å². The van der Waals surface area contributed by atoms with E-state index >= 15 is 0 Å². The Balaban J connectivity index is 2.84. The molecule has 1 atom stereocenters. The third kappa shape index (κ3) is 3.38. The molecular formula is C11H12F3N. The SMILES string of the molecule is C/C(=N\[C@@H](C)c1ccccc1)C(F)(F)F. The quantitative estimate of drug-likeness (QED) is 0.666. The van der Waals surface area contributed by atoms with Crippen LogP contribution in [0.3, 0.4) is 0 Å². The van der Waals surface area contributed by atoms with Gasteiger partial charge in [0.2, 0.25) is 0 Å². The Morgan fingerprint density at radius 2 is 1.73 bits per heavy atom. The van der Waals surface area contributed by atoms with Gasteiger partial charge < -0.3 is 0 Å². The highest BCUT2D eigenvalue weighted by Crippen LogP contribution is 2.22. The molecule has 0 aliphatic heterocycles. The topological polar surface area (TPSA) is 12.4 Å². The van der Waals surface area contributed by atoms with Crippen LogP contribution in [0.2, 0.25) is 0 Å². The number of hydrogen-bond donors (Lipinski definition) is 0. The zero-order valence-electron chi connectivity index (χ0n) is 8.55. The second kappa shape index (κ2) is 4.47. The third-order valence-electron chi connectivity index (χ3n) is 2.08. The van der Waals surface area contributed by atoms with Crippen molar-refractivity contribution in [2.75, 3.05) is 0 Å². The van der Waals surface area contributed by atoms with Crippen LogP contribution >= 0.6 is 0 Å². The Morgan fingerprint density at radius 1 is 1.20 bits per heavy atom. The van der Waals surface area contributed by atoms with Gasteiger partial charge in [-0.05, 0) is 19.4 Å². The molecule has 0 fully saturated rings. The van der Waals surface area contributed by atoms with E-state index < -0.39 is 17.9 Å². The fourth-order valence-electron chi connectivity index (χ4n) is 1.17. The first-order chi connectivity index (χ1) is 6.91. The molecule has 82 valence electrons.